The zero-order chi connectivity index (χ0) is 34.3. The Kier molecular flexibility index (Phi) is 10.6. The van der Waals surface area contributed by atoms with Gasteiger partial charge in [0.2, 0.25) is 0 Å². The van der Waals surface area contributed by atoms with Crippen LogP contribution in [0.1, 0.15) is 72.4 Å². The average molecular weight is 643 g/mol. The van der Waals surface area contributed by atoms with E-state index in [-0.39, 0.29) is 0 Å². The molecule has 0 amide bonds. The summed E-state index contributed by atoms with van der Waals surface area (Å²) in [5, 5.41) is 0. The summed E-state index contributed by atoms with van der Waals surface area (Å²) >= 11 is 0. The van der Waals surface area contributed by atoms with Crippen LogP contribution in [0.3, 0.4) is 0 Å². The topological polar surface area (TPSA) is 6.48 Å². The number of rotatable bonds is 12. The van der Waals surface area contributed by atoms with Crippen LogP contribution in [0.15, 0.2) is 146 Å². The van der Waals surface area contributed by atoms with Crippen molar-refractivity contribution >= 4 is 34.1 Å². The van der Waals surface area contributed by atoms with Crippen molar-refractivity contribution in [1.82, 2.24) is 0 Å². The van der Waals surface area contributed by atoms with Gasteiger partial charge in [-0.05, 0) is 124 Å². The van der Waals surface area contributed by atoms with Gasteiger partial charge in [0.15, 0.2) is 0 Å². The van der Waals surface area contributed by atoms with Crippen LogP contribution < -0.4 is 9.80 Å². The van der Waals surface area contributed by atoms with E-state index in [0.29, 0.717) is 11.8 Å². The molecule has 0 aliphatic carbocycles. The Labute approximate surface area is 294 Å². The Balaban J connectivity index is 1.37. The van der Waals surface area contributed by atoms with Crippen LogP contribution in [0, 0.1) is 33.6 Å². The molecule has 1 unspecified atom stereocenters. The molecule has 2 heteroatoms. The third-order valence-corrected chi connectivity index (χ3v) is 9.84. The van der Waals surface area contributed by atoms with Crippen LogP contribution in [-0.4, -0.2) is 0 Å². The van der Waals surface area contributed by atoms with Crippen molar-refractivity contribution in [1.29, 1.82) is 0 Å². The highest BCUT2D eigenvalue weighted by molar-refractivity contribution is 5.78. The van der Waals surface area contributed by atoms with E-state index < -0.39 is 0 Å². The summed E-state index contributed by atoms with van der Waals surface area (Å²) in [6.07, 6.45) is 3.51. The number of nitrogens with zero attached hydrogens (tertiary/aromatic N) is 2. The molecule has 2 nitrogen and oxygen atoms in total. The van der Waals surface area contributed by atoms with Crippen LogP contribution in [0.25, 0.3) is 0 Å². The Bertz CT molecular complexity index is 1670. The Morgan fingerprint density at radius 2 is 0.612 bits per heavy atom. The summed E-state index contributed by atoms with van der Waals surface area (Å²) in [4.78, 5) is 4.72. The number of aryl methyl sites for hydroxylation is 4. The van der Waals surface area contributed by atoms with Crippen molar-refractivity contribution in [3.8, 4) is 0 Å². The maximum atomic E-state index is 2.37. The molecule has 0 radical (unpaired) electrons. The molecule has 6 rings (SSSR count). The number of hydrogen-bond donors (Lipinski definition) is 0. The lowest BCUT2D eigenvalue weighted by molar-refractivity contribution is 0.416. The average Bonchev–Trinajstić information content (AvgIpc) is 3.12. The van der Waals surface area contributed by atoms with E-state index in [1.54, 1.807) is 0 Å². The molecule has 1 atom stereocenters. The first-order valence-electron chi connectivity index (χ1n) is 17.9. The normalized spacial score (nSPS) is 11.8. The SMILES string of the molecule is CCCC(CC)C(c1ccc(N(c2ccc(C)cc2)c2ccc(C)cc2)cc1)c1ccc(N(c2ccc(C)cc2)c2ccc(C)cc2)cc1. The standard InChI is InChI=1S/C47H50N2/c1-7-9-38(8-2)47(39-18-30-45(31-19-39)48(41-22-10-34(3)11-23-41)42-24-12-35(4)13-25-42)40-20-32-46(33-21-40)49(43-26-14-36(5)15-27-43)44-28-16-37(6)17-29-44/h10-33,38,47H,7-9H2,1-6H3. The predicted octanol–water partition coefficient (Wildman–Crippen LogP) is 13.8. The molecule has 6 aromatic carbocycles. The minimum Gasteiger partial charge on any atom is -0.311 e. The maximum Gasteiger partial charge on any atom is 0.0461 e. The number of benzene rings is 6. The predicted molar refractivity (Wildman–Crippen MR) is 212 cm³/mol. The third-order valence-electron chi connectivity index (χ3n) is 9.84. The molecular weight excluding hydrogens is 593 g/mol. The highest BCUT2D eigenvalue weighted by Gasteiger charge is 2.24. The Morgan fingerprint density at radius 1 is 0.367 bits per heavy atom. The minimum absolute atomic E-state index is 0.312. The fourth-order valence-corrected chi connectivity index (χ4v) is 7.05. The van der Waals surface area contributed by atoms with Crippen LogP contribution in [0.2, 0.25) is 0 Å². The molecule has 0 aliphatic rings. The minimum atomic E-state index is 0.312. The molecule has 0 aromatic heterocycles. The molecule has 0 aliphatic heterocycles. The van der Waals surface area contributed by atoms with Crippen molar-refractivity contribution in [2.45, 2.75) is 66.7 Å². The van der Waals surface area contributed by atoms with Gasteiger partial charge in [0.05, 0.1) is 0 Å². The molecule has 248 valence electrons. The van der Waals surface area contributed by atoms with Crippen LogP contribution in [0.5, 0.6) is 0 Å². The van der Waals surface area contributed by atoms with E-state index in [2.05, 4.69) is 197 Å². The molecule has 0 saturated heterocycles. The first kappa shape index (κ1) is 33.8. The monoisotopic (exact) mass is 642 g/mol. The van der Waals surface area contributed by atoms with Crippen molar-refractivity contribution in [3.05, 3.63) is 179 Å². The molecule has 0 bridgehead atoms. The van der Waals surface area contributed by atoms with Gasteiger partial charge in [0.25, 0.3) is 0 Å². The lowest BCUT2D eigenvalue weighted by atomic mass is 9.77. The van der Waals surface area contributed by atoms with E-state index in [4.69, 9.17) is 0 Å². The lowest BCUT2D eigenvalue weighted by Crippen LogP contribution is -2.15. The van der Waals surface area contributed by atoms with Gasteiger partial charge < -0.3 is 9.80 Å². The van der Waals surface area contributed by atoms with Crippen molar-refractivity contribution in [2.75, 3.05) is 9.80 Å². The summed E-state index contributed by atoms with van der Waals surface area (Å²) in [6, 6.07) is 54.0. The third kappa shape index (κ3) is 7.81. The molecular formula is C47H50N2. The van der Waals surface area contributed by atoms with E-state index in [1.807, 2.05) is 0 Å². The molecule has 6 aromatic rings. The highest BCUT2D eigenvalue weighted by Crippen LogP contribution is 2.42. The Hall–Kier alpha value is -5.08. The molecule has 0 fully saturated rings. The molecule has 49 heavy (non-hydrogen) atoms. The first-order valence-corrected chi connectivity index (χ1v) is 17.9. The van der Waals surface area contributed by atoms with Gasteiger partial charge in [-0.25, -0.2) is 0 Å². The highest BCUT2D eigenvalue weighted by atomic mass is 15.1. The van der Waals surface area contributed by atoms with E-state index in [0.717, 1.165) is 6.42 Å². The maximum absolute atomic E-state index is 2.37. The summed E-state index contributed by atoms with van der Waals surface area (Å²) in [5.74, 6) is 0.866. The number of hydrogen-bond acceptors (Lipinski definition) is 2. The van der Waals surface area contributed by atoms with Gasteiger partial charge >= 0.3 is 0 Å². The van der Waals surface area contributed by atoms with Crippen molar-refractivity contribution in [3.63, 3.8) is 0 Å². The van der Waals surface area contributed by atoms with Gasteiger partial charge in [-0.1, -0.05) is 122 Å². The van der Waals surface area contributed by atoms with Crippen LogP contribution in [-0.2, 0) is 0 Å². The largest absolute Gasteiger partial charge is 0.311 e. The molecule has 0 N–H and O–H groups in total. The first-order chi connectivity index (χ1) is 23.8. The van der Waals surface area contributed by atoms with Gasteiger partial charge in [0.1, 0.15) is 0 Å². The Morgan fingerprint density at radius 3 is 0.837 bits per heavy atom. The van der Waals surface area contributed by atoms with Gasteiger partial charge in [-0.15, -0.1) is 0 Å². The summed E-state index contributed by atoms with van der Waals surface area (Å²) in [5.41, 5.74) is 14.8. The second kappa shape index (κ2) is 15.4. The molecule has 0 saturated carbocycles. The van der Waals surface area contributed by atoms with Crippen LogP contribution >= 0.6 is 0 Å². The lowest BCUT2D eigenvalue weighted by Gasteiger charge is -2.30. The number of anilines is 6. The smallest absolute Gasteiger partial charge is 0.0461 e. The van der Waals surface area contributed by atoms with Crippen molar-refractivity contribution < 1.29 is 0 Å². The van der Waals surface area contributed by atoms with E-state index in [1.165, 1.54) is 80.3 Å². The van der Waals surface area contributed by atoms with Gasteiger partial charge in [0, 0.05) is 40.0 Å². The van der Waals surface area contributed by atoms with E-state index >= 15 is 0 Å². The summed E-state index contributed by atoms with van der Waals surface area (Å²) in [7, 11) is 0. The van der Waals surface area contributed by atoms with Gasteiger partial charge in [-0.3, -0.25) is 0 Å². The zero-order valence-electron chi connectivity index (χ0n) is 30.0. The van der Waals surface area contributed by atoms with Crippen LogP contribution in [0.4, 0.5) is 34.1 Å². The molecule has 0 heterocycles. The van der Waals surface area contributed by atoms with E-state index in [9.17, 15) is 0 Å². The zero-order valence-corrected chi connectivity index (χ0v) is 30.0. The summed E-state index contributed by atoms with van der Waals surface area (Å²) < 4.78 is 0. The second-order valence-corrected chi connectivity index (χ2v) is 13.6. The molecule has 0 spiro atoms. The van der Waals surface area contributed by atoms with Crippen molar-refractivity contribution in [2.24, 2.45) is 5.92 Å². The van der Waals surface area contributed by atoms with Gasteiger partial charge in [-0.2, -0.15) is 0 Å². The summed E-state index contributed by atoms with van der Waals surface area (Å²) in [6.45, 7) is 13.2. The quantitative estimate of drug-likeness (QED) is 0.131. The second-order valence-electron chi connectivity index (χ2n) is 13.6. The fraction of sp³-hybridized carbons (Fsp3) is 0.234. The fourth-order valence-electron chi connectivity index (χ4n) is 7.05.